The third kappa shape index (κ3) is 6.38. The monoisotopic (exact) mass is 455 g/mol. The molecule has 1 aromatic rings. The van der Waals surface area contributed by atoms with Crippen LogP contribution in [0.1, 0.15) is 63.0 Å². The van der Waals surface area contributed by atoms with Gasteiger partial charge in [-0.3, -0.25) is 4.79 Å². The molecule has 0 unspecified atom stereocenters. The van der Waals surface area contributed by atoms with Crippen LogP contribution in [0.3, 0.4) is 0 Å². The molecule has 0 aromatic heterocycles. The summed E-state index contributed by atoms with van der Waals surface area (Å²) in [6, 6.07) is 6.14. The van der Waals surface area contributed by atoms with Crippen LogP contribution in [0.25, 0.3) is 0 Å². The summed E-state index contributed by atoms with van der Waals surface area (Å²) in [6.45, 7) is 4.34. The first-order valence-electron chi connectivity index (χ1n) is 12.1. The molecule has 0 bridgehead atoms. The van der Waals surface area contributed by atoms with Crippen molar-refractivity contribution >= 4 is 5.91 Å². The van der Waals surface area contributed by atoms with Crippen LogP contribution < -0.4 is 10.1 Å². The summed E-state index contributed by atoms with van der Waals surface area (Å²) in [4.78, 5) is 11.9. The first-order valence-corrected chi connectivity index (χ1v) is 12.1. The molecule has 1 aliphatic carbocycles. The van der Waals surface area contributed by atoms with E-state index in [1.54, 1.807) is 13.0 Å². The highest BCUT2D eigenvalue weighted by atomic mass is 16.5. The zero-order chi connectivity index (χ0) is 23.8. The molecule has 0 radical (unpaired) electrons. The normalized spacial score (nSPS) is 25.0. The summed E-state index contributed by atoms with van der Waals surface area (Å²) in [7, 11) is 0. The number of rotatable bonds is 11. The van der Waals surface area contributed by atoms with Crippen molar-refractivity contribution in [2.24, 2.45) is 11.8 Å². The predicted octanol–water partition coefficient (Wildman–Crippen LogP) is 2.70. The second-order valence-corrected chi connectivity index (χ2v) is 9.16. The number of fused-ring (bicyclic) bond motifs is 3. The van der Waals surface area contributed by atoms with E-state index in [9.17, 15) is 15.0 Å². The highest BCUT2D eigenvalue weighted by molar-refractivity contribution is 5.75. The van der Waals surface area contributed by atoms with Crippen molar-refractivity contribution in [1.29, 1.82) is 0 Å². The Morgan fingerprint density at radius 2 is 2.18 bits per heavy atom. The van der Waals surface area contributed by atoms with Gasteiger partial charge in [0, 0.05) is 49.8 Å². The van der Waals surface area contributed by atoms with Crippen molar-refractivity contribution in [3.8, 4) is 17.6 Å². The molecule has 1 saturated carbocycles. The second-order valence-electron chi connectivity index (χ2n) is 9.16. The Labute approximate surface area is 197 Å². The van der Waals surface area contributed by atoms with Crippen molar-refractivity contribution in [3.63, 3.8) is 0 Å². The molecule has 6 nitrogen and oxygen atoms in total. The van der Waals surface area contributed by atoms with Gasteiger partial charge < -0.3 is 25.4 Å². The van der Waals surface area contributed by atoms with Crippen LogP contribution in [0.15, 0.2) is 30.4 Å². The third-order valence-corrected chi connectivity index (χ3v) is 6.71. The fourth-order valence-corrected chi connectivity index (χ4v) is 4.82. The third-order valence-electron chi connectivity index (χ3n) is 6.71. The van der Waals surface area contributed by atoms with Crippen LogP contribution in [-0.4, -0.2) is 52.7 Å². The molecule has 1 heterocycles. The summed E-state index contributed by atoms with van der Waals surface area (Å²) in [5, 5.41) is 32.8. The van der Waals surface area contributed by atoms with E-state index >= 15 is 0 Å². The first-order chi connectivity index (χ1) is 16.0. The highest BCUT2D eigenvalue weighted by Crippen LogP contribution is 2.52. The Bertz CT molecular complexity index is 886. The molecule has 180 valence electrons. The van der Waals surface area contributed by atoms with Crippen LogP contribution in [0, 0.1) is 23.7 Å². The molecule has 1 fully saturated rings. The van der Waals surface area contributed by atoms with Gasteiger partial charge in [0.15, 0.2) is 0 Å². The van der Waals surface area contributed by atoms with Crippen LogP contribution in [-0.2, 0) is 11.2 Å². The van der Waals surface area contributed by atoms with E-state index in [4.69, 9.17) is 9.84 Å². The van der Waals surface area contributed by atoms with Crippen LogP contribution in [0.5, 0.6) is 5.75 Å². The van der Waals surface area contributed by atoms with E-state index in [1.807, 2.05) is 25.1 Å². The number of aliphatic hydroxyl groups excluding tert-OH is 3. The average molecular weight is 456 g/mol. The van der Waals surface area contributed by atoms with Gasteiger partial charge in [-0.2, -0.15) is 0 Å². The number of ether oxygens (including phenoxy) is 1. The lowest BCUT2D eigenvalue weighted by atomic mass is 9.86. The van der Waals surface area contributed by atoms with Crippen LogP contribution in [0.4, 0.5) is 0 Å². The Balaban J connectivity index is 1.64. The molecule has 6 atom stereocenters. The number of hydrogen-bond acceptors (Lipinski definition) is 5. The number of benzene rings is 1. The number of aryl methyl sites for hydroxylation is 1. The van der Waals surface area contributed by atoms with Crippen molar-refractivity contribution in [1.82, 2.24) is 5.32 Å². The number of carbonyl (C=O) groups is 1. The summed E-state index contributed by atoms with van der Waals surface area (Å²) in [5.74, 6) is 6.75. The van der Waals surface area contributed by atoms with E-state index in [0.717, 1.165) is 29.7 Å². The summed E-state index contributed by atoms with van der Waals surface area (Å²) < 4.78 is 6.30. The highest BCUT2D eigenvalue weighted by Gasteiger charge is 2.48. The Kier molecular flexibility index (Phi) is 9.37. The molecule has 1 aliphatic heterocycles. The fourth-order valence-electron chi connectivity index (χ4n) is 4.82. The standard InChI is InChI=1S/C27H37NO5/c1-3-4-8-18(2)22(30)14-13-20-23(31)17-24-26(20)21-11-5-9-19(27(21)33-24)10-6-12-25(32)28-15-7-16-29/h5,9,11,13-14,18,20,22-24,26,29-31H,6-8,10,12,15-17H2,1-2H3,(H,28,32)/b14-13+/t18-,20-,22+,23+,24-,26-/m0/s1. The van der Waals surface area contributed by atoms with Crippen LogP contribution in [0.2, 0.25) is 0 Å². The maximum Gasteiger partial charge on any atom is 0.220 e. The van der Waals surface area contributed by atoms with E-state index in [-0.39, 0.29) is 36.4 Å². The average Bonchev–Trinajstić information content (AvgIpc) is 3.31. The van der Waals surface area contributed by atoms with Gasteiger partial charge in [-0.1, -0.05) is 37.3 Å². The van der Waals surface area contributed by atoms with Gasteiger partial charge in [0.2, 0.25) is 5.91 Å². The number of aliphatic hydroxyl groups is 3. The van der Waals surface area contributed by atoms with Gasteiger partial charge in [0.1, 0.15) is 11.9 Å². The topological polar surface area (TPSA) is 99.0 Å². The first kappa shape index (κ1) is 25.3. The minimum Gasteiger partial charge on any atom is -0.489 e. The summed E-state index contributed by atoms with van der Waals surface area (Å²) >= 11 is 0. The van der Waals surface area contributed by atoms with E-state index in [0.29, 0.717) is 32.2 Å². The molecule has 0 saturated heterocycles. The fraction of sp³-hybridized carbons (Fsp3) is 0.593. The summed E-state index contributed by atoms with van der Waals surface area (Å²) in [5.41, 5.74) is 2.20. The zero-order valence-electron chi connectivity index (χ0n) is 19.7. The molecule has 4 N–H and O–H groups in total. The van der Waals surface area contributed by atoms with E-state index < -0.39 is 12.2 Å². The molecule has 2 aliphatic rings. The minimum atomic E-state index is -0.603. The summed E-state index contributed by atoms with van der Waals surface area (Å²) in [6.07, 6.45) is 6.24. The van der Waals surface area contributed by atoms with Crippen molar-refractivity contribution in [2.45, 2.75) is 76.6 Å². The maximum absolute atomic E-state index is 11.9. The molecule has 1 amide bonds. The largest absolute Gasteiger partial charge is 0.489 e. The zero-order valence-corrected chi connectivity index (χ0v) is 19.7. The molecular weight excluding hydrogens is 418 g/mol. The molecule has 3 rings (SSSR count). The lowest BCUT2D eigenvalue weighted by Gasteiger charge is -2.19. The van der Waals surface area contributed by atoms with Gasteiger partial charge in [-0.25, -0.2) is 0 Å². The van der Waals surface area contributed by atoms with Gasteiger partial charge in [0.05, 0.1) is 12.2 Å². The smallest absolute Gasteiger partial charge is 0.220 e. The Morgan fingerprint density at radius 3 is 2.94 bits per heavy atom. The van der Waals surface area contributed by atoms with Gasteiger partial charge in [-0.15, -0.1) is 11.8 Å². The van der Waals surface area contributed by atoms with Crippen molar-refractivity contribution in [2.75, 3.05) is 13.2 Å². The number of amides is 1. The van der Waals surface area contributed by atoms with Gasteiger partial charge >= 0.3 is 0 Å². The molecule has 33 heavy (non-hydrogen) atoms. The number of carbonyl (C=O) groups excluding carboxylic acids is 1. The predicted molar refractivity (Wildman–Crippen MR) is 128 cm³/mol. The van der Waals surface area contributed by atoms with Crippen molar-refractivity contribution in [3.05, 3.63) is 41.5 Å². The van der Waals surface area contributed by atoms with Crippen molar-refractivity contribution < 1.29 is 24.9 Å². The molecule has 6 heteroatoms. The number of para-hydroxylation sites is 1. The molecule has 0 spiro atoms. The van der Waals surface area contributed by atoms with Gasteiger partial charge in [0.25, 0.3) is 0 Å². The molecule has 1 aromatic carbocycles. The second kappa shape index (κ2) is 12.2. The quantitative estimate of drug-likeness (QED) is 0.234. The van der Waals surface area contributed by atoms with E-state index in [1.165, 1.54) is 0 Å². The number of nitrogens with one attached hydrogen (secondary N) is 1. The Morgan fingerprint density at radius 1 is 1.36 bits per heavy atom. The van der Waals surface area contributed by atoms with Crippen LogP contribution >= 0.6 is 0 Å². The number of hydrogen-bond donors (Lipinski definition) is 4. The van der Waals surface area contributed by atoms with Gasteiger partial charge in [-0.05, 0) is 37.7 Å². The molecular formula is C27H37NO5. The van der Waals surface area contributed by atoms with E-state index in [2.05, 4.69) is 23.2 Å². The Hall–Kier alpha value is -2.33. The lowest BCUT2D eigenvalue weighted by molar-refractivity contribution is -0.121. The lowest BCUT2D eigenvalue weighted by Crippen LogP contribution is -2.24. The SMILES string of the molecule is CC#CC[C@H](C)[C@H](O)/C=C/[C@@H]1[C@H]2c3cccc(CCCC(=O)NCCCO)c3O[C@H]2C[C@H]1O. The maximum atomic E-state index is 11.9. The minimum absolute atomic E-state index is 0.000146.